The van der Waals surface area contributed by atoms with E-state index in [1.165, 1.54) is 75.3 Å². The molecule has 0 aliphatic carbocycles. The maximum Gasteiger partial charge on any atom is 0.115 e. The Hall–Kier alpha value is -1.96. The Bertz CT molecular complexity index is 531. The summed E-state index contributed by atoms with van der Waals surface area (Å²) in [5.41, 5.74) is 2.66. The van der Waals surface area contributed by atoms with Gasteiger partial charge in [0.1, 0.15) is 11.5 Å². The summed E-state index contributed by atoms with van der Waals surface area (Å²) < 4.78 is 0. The monoisotopic (exact) mass is 354 g/mol. The van der Waals surface area contributed by atoms with Gasteiger partial charge in [0.05, 0.1) is 0 Å². The highest BCUT2D eigenvalue weighted by atomic mass is 16.3. The highest BCUT2D eigenvalue weighted by molar-refractivity contribution is 5.26. The van der Waals surface area contributed by atoms with Gasteiger partial charge in [-0.2, -0.15) is 0 Å². The lowest BCUT2D eigenvalue weighted by atomic mass is 10.0. The third-order valence-corrected chi connectivity index (χ3v) is 5.05. The molecule has 0 spiro atoms. The van der Waals surface area contributed by atoms with E-state index in [-0.39, 0.29) is 0 Å². The molecule has 2 rings (SSSR count). The van der Waals surface area contributed by atoms with Crippen molar-refractivity contribution in [3.05, 3.63) is 59.7 Å². The van der Waals surface area contributed by atoms with Crippen molar-refractivity contribution < 1.29 is 10.2 Å². The van der Waals surface area contributed by atoms with Crippen LogP contribution in [-0.2, 0) is 12.8 Å². The average molecular weight is 355 g/mol. The van der Waals surface area contributed by atoms with Gasteiger partial charge in [-0.05, 0) is 61.1 Å². The van der Waals surface area contributed by atoms with Crippen molar-refractivity contribution in [3.63, 3.8) is 0 Å². The van der Waals surface area contributed by atoms with Gasteiger partial charge in [0, 0.05) is 0 Å². The van der Waals surface area contributed by atoms with Crippen molar-refractivity contribution in [1.82, 2.24) is 0 Å². The molecule has 0 aliphatic heterocycles. The van der Waals surface area contributed by atoms with Gasteiger partial charge >= 0.3 is 0 Å². The molecule has 2 heteroatoms. The Morgan fingerprint density at radius 1 is 0.385 bits per heavy atom. The number of unbranched alkanes of at least 4 members (excludes halogenated alkanes) is 9. The molecule has 2 N–H and O–H groups in total. The van der Waals surface area contributed by atoms with E-state index in [2.05, 4.69) is 0 Å². The Morgan fingerprint density at radius 2 is 0.654 bits per heavy atom. The minimum Gasteiger partial charge on any atom is -0.508 e. The SMILES string of the molecule is Oc1ccc(CCCCCCCCCCCCc2ccc(O)cc2)cc1. The van der Waals surface area contributed by atoms with Crippen LogP contribution in [0, 0.1) is 0 Å². The van der Waals surface area contributed by atoms with Crippen LogP contribution in [0.1, 0.15) is 75.3 Å². The topological polar surface area (TPSA) is 40.5 Å². The summed E-state index contributed by atoms with van der Waals surface area (Å²) in [5, 5.41) is 18.5. The zero-order chi connectivity index (χ0) is 18.5. The first kappa shape index (κ1) is 20.4. The fourth-order valence-corrected chi connectivity index (χ4v) is 3.40. The van der Waals surface area contributed by atoms with E-state index >= 15 is 0 Å². The van der Waals surface area contributed by atoms with Crippen LogP contribution in [0.25, 0.3) is 0 Å². The van der Waals surface area contributed by atoms with E-state index in [4.69, 9.17) is 0 Å². The molecule has 0 atom stereocenters. The van der Waals surface area contributed by atoms with E-state index < -0.39 is 0 Å². The molecule has 0 saturated carbocycles. The fraction of sp³-hybridized carbons (Fsp3) is 0.500. The van der Waals surface area contributed by atoms with Crippen molar-refractivity contribution in [2.24, 2.45) is 0 Å². The maximum absolute atomic E-state index is 9.27. The summed E-state index contributed by atoms with van der Waals surface area (Å²) in [7, 11) is 0. The van der Waals surface area contributed by atoms with E-state index in [0.29, 0.717) is 11.5 Å². The van der Waals surface area contributed by atoms with Gasteiger partial charge < -0.3 is 10.2 Å². The molecule has 0 amide bonds. The number of hydrogen-bond donors (Lipinski definition) is 2. The molecule has 0 aromatic heterocycles. The van der Waals surface area contributed by atoms with Gasteiger partial charge in [0.2, 0.25) is 0 Å². The summed E-state index contributed by atoms with van der Waals surface area (Å²) in [6, 6.07) is 15.2. The second kappa shape index (κ2) is 12.4. The normalized spacial score (nSPS) is 10.9. The van der Waals surface area contributed by atoms with Crippen LogP contribution in [-0.4, -0.2) is 10.2 Å². The number of hydrogen-bond acceptors (Lipinski definition) is 2. The maximum atomic E-state index is 9.27. The van der Waals surface area contributed by atoms with Crippen molar-refractivity contribution >= 4 is 0 Å². The molecule has 0 saturated heterocycles. The number of phenols is 2. The van der Waals surface area contributed by atoms with E-state index in [9.17, 15) is 10.2 Å². The van der Waals surface area contributed by atoms with Crippen LogP contribution >= 0.6 is 0 Å². The van der Waals surface area contributed by atoms with Crippen molar-refractivity contribution in [2.45, 2.75) is 77.0 Å². The summed E-state index contributed by atoms with van der Waals surface area (Å²) >= 11 is 0. The summed E-state index contributed by atoms with van der Waals surface area (Å²) in [4.78, 5) is 0. The minimum atomic E-state index is 0.356. The average Bonchev–Trinajstić information content (AvgIpc) is 2.65. The molecule has 0 radical (unpaired) electrons. The molecule has 0 bridgehead atoms. The first-order chi connectivity index (χ1) is 12.7. The Balaban J connectivity index is 1.35. The molecular formula is C24H34O2. The van der Waals surface area contributed by atoms with Crippen LogP contribution in [0.4, 0.5) is 0 Å². The number of aromatic hydroxyl groups is 2. The number of phenolic OH excluding ortho intramolecular Hbond substituents is 2. The molecule has 2 aromatic rings. The largest absolute Gasteiger partial charge is 0.508 e. The first-order valence-electron chi connectivity index (χ1n) is 10.3. The van der Waals surface area contributed by atoms with Gasteiger partial charge in [-0.1, -0.05) is 75.6 Å². The van der Waals surface area contributed by atoms with Gasteiger partial charge in [-0.15, -0.1) is 0 Å². The van der Waals surface area contributed by atoms with E-state index in [0.717, 1.165) is 12.8 Å². The van der Waals surface area contributed by atoms with Crippen LogP contribution in [0.3, 0.4) is 0 Å². The van der Waals surface area contributed by atoms with Crippen LogP contribution in [0.15, 0.2) is 48.5 Å². The predicted molar refractivity (Wildman–Crippen MR) is 110 cm³/mol. The van der Waals surface area contributed by atoms with Crippen molar-refractivity contribution in [2.75, 3.05) is 0 Å². The van der Waals surface area contributed by atoms with Crippen molar-refractivity contribution in [3.8, 4) is 11.5 Å². The number of rotatable bonds is 13. The molecule has 142 valence electrons. The third kappa shape index (κ3) is 8.94. The summed E-state index contributed by atoms with van der Waals surface area (Å²) in [6.07, 6.45) is 15.5. The lowest BCUT2D eigenvalue weighted by Gasteiger charge is -2.04. The smallest absolute Gasteiger partial charge is 0.115 e. The highest BCUT2D eigenvalue weighted by Gasteiger charge is 1.97. The Kier molecular flexibility index (Phi) is 9.71. The molecular weight excluding hydrogens is 320 g/mol. The molecule has 0 unspecified atom stereocenters. The van der Waals surface area contributed by atoms with E-state index in [1.54, 1.807) is 24.3 Å². The van der Waals surface area contributed by atoms with Crippen LogP contribution in [0.5, 0.6) is 11.5 Å². The quantitative estimate of drug-likeness (QED) is 0.389. The molecule has 0 aliphatic rings. The van der Waals surface area contributed by atoms with Crippen LogP contribution in [0.2, 0.25) is 0 Å². The molecule has 2 nitrogen and oxygen atoms in total. The Labute approximate surface area is 158 Å². The zero-order valence-electron chi connectivity index (χ0n) is 16.0. The standard InChI is InChI=1S/C24H34O2/c25-23-17-13-21(14-18-23)11-9-7-5-3-1-2-4-6-8-10-12-22-15-19-24(26)20-16-22/h13-20,25-26H,1-12H2. The molecule has 26 heavy (non-hydrogen) atoms. The third-order valence-electron chi connectivity index (χ3n) is 5.05. The lowest BCUT2D eigenvalue weighted by molar-refractivity contribution is 0.474. The lowest BCUT2D eigenvalue weighted by Crippen LogP contribution is -1.87. The molecule has 0 fully saturated rings. The van der Waals surface area contributed by atoms with Crippen LogP contribution < -0.4 is 0 Å². The Morgan fingerprint density at radius 3 is 0.962 bits per heavy atom. The number of aryl methyl sites for hydroxylation is 2. The minimum absolute atomic E-state index is 0.356. The van der Waals surface area contributed by atoms with Crippen molar-refractivity contribution in [1.29, 1.82) is 0 Å². The predicted octanol–water partition coefficient (Wildman–Crippen LogP) is 6.78. The second-order valence-corrected chi connectivity index (χ2v) is 7.37. The van der Waals surface area contributed by atoms with E-state index in [1.807, 2.05) is 24.3 Å². The zero-order valence-corrected chi connectivity index (χ0v) is 16.0. The summed E-state index contributed by atoms with van der Waals surface area (Å²) in [6.45, 7) is 0. The van der Waals surface area contributed by atoms with Gasteiger partial charge in [0.15, 0.2) is 0 Å². The number of benzene rings is 2. The second-order valence-electron chi connectivity index (χ2n) is 7.37. The van der Waals surface area contributed by atoms with Gasteiger partial charge in [-0.3, -0.25) is 0 Å². The first-order valence-corrected chi connectivity index (χ1v) is 10.3. The summed E-state index contributed by atoms with van der Waals surface area (Å²) in [5.74, 6) is 0.711. The molecule has 0 heterocycles. The van der Waals surface area contributed by atoms with Gasteiger partial charge in [0.25, 0.3) is 0 Å². The molecule has 2 aromatic carbocycles. The van der Waals surface area contributed by atoms with Gasteiger partial charge in [-0.25, -0.2) is 0 Å². The highest BCUT2D eigenvalue weighted by Crippen LogP contribution is 2.16. The fourth-order valence-electron chi connectivity index (χ4n) is 3.40.